The number of carbonyl (C=O) groups excluding carboxylic acids is 1. The van der Waals surface area contributed by atoms with E-state index in [9.17, 15) is 13.2 Å². The fourth-order valence-corrected chi connectivity index (χ4v) is 3.90. The summed E-state index contributed by atoms with van der Waals surface area (Å²) in [6.45, 7) is 1.77. The fourth-order valence-electron chi connectivity index (χ4n) is 2.74. The van der Waals surface area contributed by atoms with E-state index in [0.29, 0.717) is 16.9 Å². The first-order chi connectivity index (χ1) is 12.9. The van der Waals surface area contributed by atoms with Gasteiger partial charge in [-0.3, -0.25) is 9.52 Å². The number of ether oxygens (including phenoxy) is 1. The first-order valence-electron chi connectivity index (χ1n) is 8.28. The van der Waals surface area contributed by atoms with E-state index in [1.165, 1.54) is 19.2 Å². The molecule has 3 rings (SSSR count). The van der Waals surface area contributed by atoms with E-state index in [1.807, 2.05) is 6.07 Å². The number of hydrogen-bond acceptors (Lipinski definition) is 4. The Kier molecular flexibility index (Phi) is 5.28. The number of aryl methyl sites for hydroxylation is 1. The molecule has 0 radical (unpaired) electrons. The third-order valence-corrected chi connectivity index (χ3v) is 5.49. The first-order valence-corrected chi connectivity index (χ1v) is 9.77. The van der Waals surface area contributed by atoms with Crippen molar-refractivity contribution in [3.05, 3.63) is 89.5 Å². The van der Waals surface area contributed by atoms with Crippen molar-refractivity contribution in [3.63, 3.8) is 0 Å². The Morgan fingerprint density at radius 3 is 2.26 bits per heavy atom. The molecule has 138 valence electrons. The molecule has 5 nitrogen and oxygen atoms in total. The molecule has 0 spiro atoms. The van der Waals surface area contributed by atoms with Gasteiger partial charge in [-0.25, -0.2) is 8.42 Å². The number of methoxy groups -OCH3 is 1. The molecule has 0 amide bonds. The molecular formula is C21H19NO4S. The molecule has 0 heterocycles. The predicted molar refractivity (Wildman–Crippen MR) is 105 cm³/mol. The summed E-state index contributed by atoms with van der Waals surface area (Å²) >= 11 is 0. The zero-order chi connectivity index (χ0) is 19.4. The van der Waals surface area contributed by atoms with Gasteiger partial charge in [0.05, 0.1) is 17.7 Å². The molecule has 0 aliphatic heterocycles. The van der Waals surface area contributed by atoms with Crippen LogP contribution < -0.4 is 9.46 Å². The highest BCUT2D eigenvalue weighted by atomic mass is 32.2. The van der Waals surface area contributed by atoms with Gasteiger partial charge in [0.15, 0.2) is 5.78 Å². The van der Waals surface area contributed by atoms with Gasteiger partial charge in [-0.2, -0.15) is 0 Å². The second-order valence-electron chi connectivity index (χ2n) is 5.98. The summed E-state index contributed by atoms with van der Waals surface area (Å²) < 4.78 is 33.3. The van der Waals surface area contributed by atoms with Crippen molar-refractivity contribution in [2.24, 2.45) is 0 Å². The second-order valence-corrected chi connectivity index (χ2v) is 7.66. The van der Waals surface area contributed by atoms with Crippen molar-refractivity contribution in [2.75, 3.05) is 11.8 Å². The Bertz CT molecular complexity index is 1080. The monoisotopic (exact) mass is 381 g/mol. The highest BCUT2D eigenvalue weighted by Crippen LogP contribution is 2.25. The van der Waals surface area contributed by atoms with Crippen LogP contribution in [0.25, 0.3) is 0 Å². The van der Waals surface area contributed by atoms with Crippen LogP contribution in [0.15, 0.2) is 77.7 Å². The highest BCUT2D eigenvalue weighted by molar-refractivity contribution is 7.92. The molecule has 0 bridgehead atoms. The number of sulfonamides is 1. The molecule has 6 heteroatoms. The summed E-state index contributed by atoms with van der Waals surface area (Å²) in [5.41, 5.74) is 1.72. The predicted octanol–water partition coefficient (Wildman–Crippen LogP) is 4.04. The maximum absolute atomic E-state index is 12.8. The van der Waals surface area contributed by atoms with Crippen molar-refractivity contribution in [1.82, 2.24) is 0 Å². The largest absolute Gasteiger partial charge is 0.496 e. The van der Waals surface area contributed by atoms with Crippen molar-refractivity contribution < 1.29 is 17.9 Å². The van der Waals surface area contributed by atoms with Crippen LogP contribution in [-0.2, 0) is 10.0 Å². The standard InChI is InChI=1S/C21H19NO4S/c1-15-14-17(12-13-20(15)26-2)27(24,25)22-19-11-7-6-10-18(19)21(23)16-8-4-3-5-9-16/h3-14,22H,1-2H3. The van der Waals surface area contributed by atoms with Crippen LogP contribution in [0.4, 0.5) is 5.69 Å². The SMILES string of the molecule is COc1ccc(S(=O)(=O)Nc2ccccc2C(=O)c2ccccc2)cc1C. The van der Waals surface area contributed by atoms with Crippen LogP contribution in [0, 0.1) is 6.92 Å². The van der Waals surface area contributed by atoms with E-state index < -0.39 is 10.0 Å². The number of benzene rings is 3. The number of ketones is 1. The van der Waals surface area contributed by atoms with Crippen LogP contribution in [0.1, 0.15) is 21.5 Å². The number of para-hydroxylation sites is 1. The Morgan fingerprint density at radius 1 is 0.926 bits per heavy atom. The number of carbonyl (C=O) groups is 1. The summed E-state index contributed by atoms with van der Waals surface area (Å²) in [7, 11) is -2.33. The summed E-state index contributed by atoms with van der Waals surface area (Å²) in [6, 6.07) is 19.9. The van der Waals surface area contributed by atoms with Crippen LogP contribution in [0.2, 0.25) is 0 Å². The Hall–Kier alpha value is -3.12. The third-order valence-electron chi connectivity index (χ3n) is 4.13. The average Bonchev–Trinajstić information content (AvgIpc) is 2.68. The molecule has 0 aromatic heterocycles. The van der Waals surface area contributed by atoms with Gasteiger partial charge in [-0.15, -0.1) is 0 Å². The average molecular weight is 381 g/mol. The normalized spacial score (nSPS) is 11.0. The first kappa shape index (κ1) is 18.7. The molecule has 3 aromatic carbocycles. The third kappa shape index (κ3) is 4.01. The van der Waals surface area contributed by atoms with Crippen molar-refractivity contribution in [2.45, 2.75) is 11.8 Å². The quantitative estimate of drug-likeness (QED) is 0.654. The van der Waals surface area contributed by atoms with Gasteiger partial charge in [0.2, 0.25) is 0 Å². The van der Waals surface area contributed by atoms with Gasteiger partial charge >= 0.3 is 0 Å². The minimum absolute atomic E-state index is 0.0998. The number of anilines is 1. The molecule has 0 atom stereocenters. The number of nitrogens with one attached hydrogen (secondary N) is 1. The van der Waals surface area contributed by atoms with E-state index in [0.717, 1.165) is 0 Å². The molecule has 1 N–H and O–H groups in total. The van der Waals surface area contributed by atoms with Gasteiger partial charge in [0, 0.05) is 11.1 Å². The summed E-state index contributed by atoms with van der Waals surface area (Å²) in [5, 5.41) is 0. The zero-order valence-corrected chi connectivity index (χ0v) is 15.8. The van der Waals surface area contributed by atoms with Gasteiger partial charge in [0.25, 0.3) is 10.0 Å². The van der Waals surface area contributed by atoms with Crippen molar-refractivity contribution in [3.8, 4) is 5.75 Å². The van der Waals surface area contributed by atoms with Gasteiger partial charge < -0.3 is 4.74 Å². The molecule has 27 heavy (non-hydrogen) atoms. The number of hydrogen-bond donors (Lipinski definition) is 1. The molecule has 0 aliphatic carbocycles. The van der Waals surface area contributed by atoms with Gasteiger partial charge in [-0.1, -0.05) is 42.5 Å². The highest BCUT2D eigenvalue weighted by Gasteiger charge is 2.20. The molecule has 0 aliphatic rings. The molecular weight excluding hydrogens is 362 g/mol. The smallest absolute Gasteiger partial charge is 0.261 e. The van der Waals surface area contributed by atoms with Crippen molar-refractivity contribution >= 4 is 21.5 Å². The van der Waals surface area contributed by atoms with Crippen LogP contribution in [0.5, 0.6) is 5.75 Å². The Labute approximate surface area is 158 Å². The maximum Gasteiger partial charge on any atom is 0.261 e. The minimum atomic E-state index is -3.86. The molecule has 0 fully saturated rings. The topological polar surface area (TPSA) is 72.5 Å². The van der Waals surface area contributed by atoms with Crippen molar-refractivity contribution in [1.29, 1.82) is 0 Å². The van der Waals surface area contributed by atoms with Crippen LogP contribution in [-0.4, -0.2) is 21.3 Å². The van der Waals surface area contributed by atoms with Crippen LogP contribution >= 0.6 is 0 Å². The number of rotatable bonds is 6. The van der Waals surface area contributed by atoms with Gasteiger partial charge in [0.1, 0.15) is 5.75 Å². The van der Waals surface area contributed by atoms with E-state index in [2.05, 4.69) is 4.72 Å². The summed E-state index contributed by atoms with van der Waals surface area (Å²) in [4.78, 5) is 12.9. The molecule has 0 saturated heterocycles. The van der Waals surface area contributed by atoms with Crippen LogP contribution in [0.3, 0.4) is 0 Å². The maximum atomic E-state index is 12.8. The van der Waals surface area contributed by atoms with Gasteiger partial charge in [-0.05, 0) is 42.8 Å². The minimum Gasteiger partial charge on any atom is -0.496 e. The lowest BCUT2D eigenvalue weighted by Crippen LogP contribution is -2.16. The fraction of sp³-hybridized carbons (Fsp3) is 0.0952. The van der Waals surface area contributed by atoms with E-state index in [-0.39, 0.29) is 21.9 Å². The molecule has 0 saturated carbocycles. The van der Waals surface area contributed by atoms with E-state index in [4.69, 9.17) is 4.74 Å². The second kappa shape index (κ2) is 7.63. The van der Waals surface area contributed by atoms with E-state index in [1.54, 1.807) is 61.5 Å². The molecule has 0 unspecified atom stereocenters. The Balaban J connectivity index is 1.96. The molecule has 3 aromatic rings. The lowest BCUT2D eigenvalue weighted by Gasteiger charge is -2.13. The Morgan fingerprint density at radius 2 is 1.59 bits per heavy atom. The summed E-state index contributed by atoms with van der Waals surface area (Å²) in [5.74, 6) is 0.355. The summed E-state index contributed by atoms with van der Waals surface area (Å²) in [6.07, 6.45) is 0. The van der Waals surface area contributed by atoms with E-state index >= 15 is 0 Å². The zero-order valence-electron chi connectivity index (χ0n) is 15.0. The lowest BCUT2D eigenvalue weighted by molar-refractivity contribution is 0.103. The lowest BCUT2D eigenvalue weighted by atomic mass is 10.0.